The van der Waals surface area contributed by atoms with E-state index < -0.39 is 28.8 Å². The Kier molecular flexibility index (Phi) is 3.72. The summed E-state index contributed by atoms with van der Waals surface area (Å²) in [5.74, 6) is -6.98. The average Bonchev–Trinajstić information content (AvgIpc) is 2.27. The quantitative estimate of drug-likeness (QED) is 0.508. The topological polar surface area (TPSA) is 40.5 Å². The summed E-state index contributed by atoms with van der Waals surface area (Å²) in [6.45, 7) is 1.66. The first kappa shape index (κ1) is 13.4. The van der Waals surface area contributed by atoms with E-state index in [9.17, 15) is 22.5 Å². The summed E-state index contributed by atoms with van der Waals surface area (Å²) in [6.07, 6.45) is -2.99. The van der Waals surface area contributed by atoms with Crippen molar-refractivity contribution in [1.82, 2.24) is 5.34 Å². The Bertz CT molecular complexity index is 409. The predicted octanol–water partition coefficient (Wildman–Crippen LogP) is 2.83. The Morgan fingerprint density at radius 1 is 1.35 bits per heavy atom. The highest BCUT2D eigenvalue weighted by Gasteiger charge is 2.56. The van der Waals surface area contributed by atoms with Crippen LogP contribution in [0.1, 0.15) is 17.3 Å². The van der Waals surface area contributed by atoms with E-state index in [2.05, 4.69) is 0 Å². The zero-order valence-electron chi connectivity index (χ0n) is 8.70. The van der Waals surface area contributed by atoms with Crippen LogP contribution in [0, 0.1) is 6.92 Å². The molecule has 94 valence electrons. The van der Waals surface area contributed by atoms with Gasteiger partial charge in [0.05, 0.1) is 5.34 Å². The van der Waals surface area contributed by atoms with Gasteiger partial charge in [0.15, 0.2) is 6.17 Å². The molecule has 0 saturated carbocycles. The van der Waals surface area contributed by atoms with Crippen LogP contribution in [0.25, 0.3) is 0 Å². The van der Waals surface area contributed by atoms with Crippen LogP contribution in [0.4, 0.5) is 17.7 Å². The van der Waals surface area contributed by atoms with Crippen molar-refractivity contribution in [3.8, 4) is 0 Å². The number of alkyl halides is 2. The minimum Gasteiger partial charge on any atom is -0.478 e. The molecule has 1 N–H and O–H groups in total. The highest BCUT2D eigenvalue weighted by molar-refractivity contribution is 5.77. The van der Waals surface area contributed by atoms with Crippen molar-refractivity contribution in [3.63, 3.8) is 0 Å². The lowest BCUT2D eigenvalue weighted by molar-refractivity contribution is -0.294. The number of aryl methyl sites for hydroxylation is 1. The molecule has 0 spiro atoms. The minimum absolute atomic E-state index is 0.471. The summed E-state index contributed by atoms with van der Waals surface area (Å²) >= 11 is 0. The second kappa shape index (κ2) is 4.70. The Balaban J connectivity index is 3.13. The summed E-state index contributed by atoms with van der Waals surface area (Å²) in [4.78, 5) is 10.4. The fourth-order valence-corrected chi connectivity index (χ4v) is 1.22. The highest BCUT2D eigenvalue weighted by Crippen LogP contribution is 2.37. The van der Waals surface area contributed by atoms with Gasteiger partial charge in [-0.3, -0.25) is 0 Å². The van der Waals surface area contributed by atoms with Gasteiger partial charge < -0.3 is 5.11 Å². The summed E-state index contributed by atoms with van der Waals surface area (Å²) in [6, 6.07) is 4.84. The maximum absolute atomic E-state index is 13.5. The van der Waals surface area contributed by atoms with Crippen molar-refractivity contribution in [2.45, 2.75) is 18.9 Å². The number of halogens is 4. The van der Waals surface area contributed by atoms with Gasteiger partial charge in [0.1, 0.15) is 0 Å². The van der Waals surface area contributed by atoms with Gasteiger partial charge in [-0.1, -0.05) is 38.8 Å². The van der Waals surface area contributed by atoms with Crippen LogP contribution < -0.4 is 0 Å². The SMILES string of the molecule is Cc1ccc(C(F)C(F)(C(=O)O)N(F)F)cc1. The van der Waals surface area contributed by atoms with Gasteiger partial charge in [0.25, 0.3) is 0 Å². The largest absolute Gasteiger partial charge is 0.478 e. The Labute approximate surface area is 94.1 Å². The molecule has 0 aliphatic rings. The molecule has 1 aromatic carbocycles. The van der Waals surface area contributed by atoms with E-state index in [0.717, 1.165) is 12.1 Å². The molecule has 0 aromatic heterocycles. The minimum atomic E-state index is -4.39. The van der Waals surface area contributed by atoms with Crippen molar-refractivity contribution in [2.75, 3.05) is 0 Å². The van der Waals surface area contributed by atoms with Crippen LogP contribution in [0.3, 0.4) is 0 Å². The van der Waals surface area contributed by atoms with Gasteiger partial charge in [-0.25, -0.2) is 13.6 Å². The molecule has 0 fully saturated rings. The molecule has 3 nitrogen and oxygen atoms in total. The van der Waals surface area contributed by atoms with E-state index in [1.165, 1.54) is 12.1 Å². The number of hydrogen-bond donors (Lipinski definition) is 1. The monoisotopic (exact) mass is 251 g/mol. The lowest BCUT2D eigenvalue weighted by atomic mass is 10.0. The molecule has 0 bridgehead atoms. The standard InChI is InChI=1S/C10H9F4NO2/c1-6-2-4-7(5-3-6)8(11)10(12,9(16)17)15(13)14/h2-5,8H,1H3,(H,16,17). The molecule has 0 heterocycles. The van der Waals surface area contributed by atoms with Crippen LogP contribution in [0.2, 0.25) is 0 Å². The van der Waals surface area contributed by atoms with Gasteiger partial charge in [0, 0.05) is 0 Å². The number of aliphatic carboxylic acids is 1. The fraction of sp³-hybridized carbons (Fsp3) is 0.300. The number of carbonyl (C=O) groups is 1. The van der Waals surface area contributed by atoms with Crippen molar-refractivity contribution in [3.05, 3.63) is 35.4 Å². The first-order valence-corrected chi connectivity index (χ1v) is 4.55. The molecule has 0 amide bonds. The third-order valence-corrected chi connectivity index (χ3v) is 2.25. The van der Waals surface area contributed by atoms with Gasteiger partial charge in [-0.05, 0) is 12.5 Å². The van der Waals surface area contributed by atoms with Crippen molar-refractivity contribution < 1.29 is 27.6 Å². The summed E-state index contributed by atoms with van der Waals surface area (Å²) in [5.41, 5.74) is 0.235. The summed E-state index contributed by atoms with van der Waals surface area (Å²) in [5, 5.41) is 6.07. The third-order valence-electron chi connectivity index (χ3n) is 2.25. The van der Waals surface area contributed by atoms with E-state index >= 15 is 0 Å². The molecule has 17 heavy (non-hydrogen) atoms. The first-order chi connectivity index (χ1) is 7.80. The molecule has 0 radical (unpaired) electrons. The van der Waals surface area contributed by atoms with Gasteiger partial charge in [-0.15, -0.1) is 0 Å². The number of benzene rings is 1. The lowest BCUT2D eigenvalue weighted by Gasteiger charge is -2.24. The number of rotatable bonds is 4. The van der Waals surface area contributed by atoms with Crippen molar-refractivity contribution in [2.24, 2.45) is 0 Å². The average molecular weight is 251 g/mol. The molecule has 2 atom stereocenters. The summed E-state index contributed by atoms with van der Waals surface area (Å²) in [7, 11) is 0. The van der Waals surface area contributed by atoms with E-state index in [1.807, 2.05) is 0 Å². The highest BCUT2D eigenvalue weighted by atomic mass is 19.4. The molecular formula is C10H9F4NO2. The lowest BCUT2D eigenvalue weighted by Crippen LogP contribution is -2.47. The first-order valence-electron chi connectivity index (χ1n) is 4.55. The second-order valence-electron chi connectivity index (χ2n) is 3.48. The maximum Gasteiger partial charge on any atom is 0.366 e. The number of carboxylic acids is 1. The Hall–Kier alpha value is -1.63. The van der Waals surface area contributed by atoms with Crippen LogP contribution >= 0.6 is 0 Å². The van der Waals surface area contributed by atoms with E-state index in [-0.39, 0.29) is 0 Å². The van der Waals surface area contributed by atoms with Crippen LogP contribution in [-0.2, 0) is 4.79 Å². The van der Waals surface area contributed by atoms with Crippen LogP contribution in [0.15, 0.2) is 24.3 Å². The van der Waals surface area contributed by atoms with Crippen molar-refractivity contribution >= 4 is 5.97 Å². The van der Waals surface area contributed by atoms with Crippen LogP contribution in [-0.4, -0.2) is 22.2 Å². The second-order valence-corrected chi connectivity index (χ2v) is 3.48. The predicted molar refractivity (Wildman–Crippen MR) is 50.6 cm³/mol. The molecule has 1 rings (SSSR count). The van der Waals surface area contributed by atoms with Gasteiger partial charge in [0.2, 0.25) is 0 Å². The zero-order chi connectivity index (χ0) is 13.2. The zero-order valence-corrected chi connectivity index (χ0v) is 8.70. The van der Waals surface area contributed by atoms with E-state index in [0.29, 0.717) is 5.56 Å². The molecular weight excluding hydrogens is 242 g/mol. The van der Waals surface area contributed by atoms with Gasteiger partial charge >= 0.3 is 11.8 Å². The molecule has 1 aromatic rings. The number of carboxylic acid groups (broad SMARTS) is 1. The molecule has 0 aliphatic heterocycles. The smallest absolute Gasteiger partial charge is 0.366 e. The molecule has 0 saturated heterocycles. The number of nitrogens with zero attached hydrogens (tertiary/aromatic N) is 1. The molecule has 2 unspecified atom stereocenters. The Morgan fingerprint density at radius 2 is 1.82 bits per heavy atom. The van der Waals surface area contributed by atoms with Crippen LogP contribution in [0.5, 0.6) is 0 Å². The molecule has 7 heteroatoms. The normalized spacial score (nSPS) is 16.6. The van der Waals surface area contributed by atoms with E-state index in [1.54, 1.807) is 6.92 Å². The van der Waals surface area contributed by atoms with Gasteiger partial charge in [-0.2, -0.15) is 0 Å². The summed E-state index contributed by atoms with van der Waals surface area (Å²) < 4.78 is 51.3. The fourth-order valence-electron chi connectivity index (χ4n) is 1.22. The van der Waals surface area contributed by atoms with E-state index in [4.69, 9.17) is 5.11 Å². The van der Waals surface area contributed by atoms with Crippen molar-refractivity contribution in [1.29, 1.82) is 0 Å². The Morgan fingerprint density at radius 3 is 2.18 bits per heavy atom. The maximum atomic E-state index is 13.5. The number of hydrogen-bond acceptors (Lipinski definition) is 2. The molecule has 0 aliphatic carbocycles. The third kappa shape index (κ3) is 2.38.